The zero-order valence-electron chi connectivity index (χ0n) is 30.8. The quantitative estimate of drug-likeness (QED) is 0.142. The summed E-state index contributed by atoms with van der Waals surface area (Å²) in [6, 6.07) is 11.4. The summed E-state index contributed by atoms with van der Waals surface area (Å²) in [5.41, 5.74) is 15.7. The van der Waals surface area contributed by atoms with Gasteiger partial charge < -0.3 is 36.8 Å². The monoisotopic (exact) mass is 766 g/mol. The van der Waals surface area contributed by atoms with E-state index in [4.69, 9.17) is 27.8 Å². The Morgan fingerprint density at radius 3 is 2.47 bits per heavy atom. The Morgan fingerprint density at radius 2 is 1.85 bits per heavy atom. The van der Waals surface area contributed by atoms with E-state index in [-0.39, 0.29) is 50.3 Å². The summed E-state index contributed by atoms with van der Waals surface area (Å²) in [6.45, 7) is 7.73. The molecule has 12 nitrogen and oxygen atoms in total. The minimum absolute atomic E-state index is 0.00221. The number of nitrogens with one attached hydrogen (secondary N) is 2. The molecule has 3 aromatic rings. The molecular weight excluding hydrogens is 716 g/mol. The largest absolute Gasteiger partial charge is 0.490 e. The Kier molecular flexibility index (Phi) is 12.9. The molecule has 0 radical (unpaired) electrons. The summed E-state index contributed by atoms with van der Waals surface area (Å²) in [5.74, 6) is -0.993. The molecule has 2 fully saturated rings. The number of rotatable bonds is 16. The summed E-state index contributed by atoms with van der Waals surface area (Å²) in [5, 5.41) is 17.2. The second-order valence-electron chi connectivity index (χ2n) is 15.3. The van der Waals surface area contributed by atoms with Crippen LogP contribution in [-0.2, 0) is 31.1 Å². The number of nitrogens with two attached hydrogens (primary N) is 2. The standard InChI is InChI=1S/C39H51ClN6O6S/c1-23-34(53-22-43-23)25-11-13-26(14-12-25)39(17-18-39)45-36(50)29-19-28(47)20-46(29)37(51)35(38(2,3)4)44-32(49)10-6-8-24-7-5-9-30(33(24)40)52-21-27(41)15-16-31(42)48/h5,7,9,11-14,22,27-29,35,47H,6,8,10,15-21,41H2,1-4H3,(H2,42,48)(H,44,49)(H,45,50)/t27-,28+,29-,35+/m0/s1. The van der Waals surface area contributed by atoms with Gasteiger partial charge in [0.25, 0.3) is 0 Å². The maximum Gasteiger partial charge on any atom is 0.246 e. The average Bonchev–Trinajstić information content (AvgIpc) is 3.57. The average molecular weight is 767 g/mol. The van der Waals surface area contributed by atoms with Gasteiger partial charge in [-0.15, -0.1) is 11.3 Å². The molecule has 1 aliphatic carbocycles. The Morgan fingerprint density at radius 1 is 1.13 bits per heavy atom. The van der Waals surface area contributed by atoms with E-state index in [0.717, 1.165) is 40.1 Å². The van der Waals surface area contributed by atoms with Gasteiger partial charge in [0.1, 0.15) is 24.4 Å². The van der Waals surface area contributed by atoms with Crippen LogP contribution in [0, 0.1) is 12.3 Å². The number of benzene rings is 2. The molecule has 0 unspecified atom stereocenters. The van der Waals surface area contributed by atoms with Crippen LogP contribution in [0.3, 0.4) is 0 Å². The fourth-order valence-corrected chi connectivity index (χ4v) is 7.80. The predicted molar refractivity (Wildman–Crippen MR) is 205 cm³/mol. The molecule has 1 aliphatic heterocycles. The van der Waals surface area contributed by atoms with Crippen molar-refractivity contribution in [1.82, 2.24) is 20.5 Å². The molecule has 53 heavy (non-hydrogen) atoms. The minimum Gasteiger partial charge on any atom is -0.490 e. The van der Waals surface area contributed by atoms with Crippen LogP contribution >= 0.6 is 22.9 Å². The van der Waals surface area contributed by atoms with Gasteiger partial charge in [-0.25, -0.2) is 4.98 Å². The van der Waals surface area contributed by atoms with Gasteiger partial charge in [-0.2, -0.15) is 0 Å². The second kappa shape index (κ2) is 17.0. The molecule has 2 aliphatic rings. The number of ether oxygens (including phenoxy) is 1. The molecule has 5 rings (SSSR count). The number of aliphatic hydroxyl groups is 1. The number of halogens is 1. The van der Waals surface area contributed by atoms with Crippen molar-refractivity contribution in [3.63, 3.8) is 0 Å². The first-order valence-corrected chi connectivity index (χ1v) is 19.4. The van der Waals surface area contributed by atoms with Gasteiger partial charge >= 0.3 is 0 Å². The Hall–Kier alpha value is -4.04. The smallest absolute Gasteiger partial charge is 0.246 e. The molecule has 1 saturated heterocycles. The van der Waals surface area contributed by atoms with Crippen LogP contribution < -0.4 is 26.8 Å². The van der Waals surface area contributed by atoms with Gasteiger partial charge in [0, 0.05) is 31.8 Å². The van der Waals surface area contributed by atoms with Crippen LogP contribution in [0.5, 0.6) is 5.75 Å². The number of likely N-dealkylation sites (tertiary alicyclic amines) is 1. The van der Waals surface area contributed by atoms with Crippen molar-refractivity contribution >= 4 is 46.6 Å². The van der Waals surface area contributed by atoms with Gasteiger partial charge in [0.2, 0.25) is 23.6 Å². The molecular formula is C39H51ClN6O6S. The van der Waals surface area contributed by atoms with Gasteiger partial charge in [0.05, 0.1) is 32.7 Å². The lowest BCUT2D eigenvalue weighted by molar-refractivity contribution is -0.144. The second-order valence-corrected chi connectivity index (χ2v) is 16.6. The Labute approximate surface area is 320 Å². The molecule has 4 amide bonds. The van der Waals surface area contributed by atoms with E-state index in [1.54, 1.807) is 17.4 Å². The number of aromatic nitrogens is 1. The third-order valence-corrected chi connectivity index (χ3v) is 11.4. The van der Waals surface area contributed by atoms with Gasteiger partial charge in [-0.05, 0) is 67.2 Å². The van der Waals surface area contributed by atoms with E-state index in [1.807, 2.05) is 69.6 Å². The van der Waals surface area contributed by atoms with Crippen LogP contribution in [0.15, 0.2) is 48.0 Å². The third kappa shape index (κ3) is 10.1. The molecule has 14 heteroatoms. The van der Waals surface area contributed by atoms with Crippen LogP contribution in [-0.4, -0.2) is 76.0 Å². The Balaban J connectivity index is 1.17. The summed E-state index contributed by atoms with van der Waals surface area (Å²) < 4.78 is 5.79. The number of carbonyl (C=O) groups excluding carboxylic acids is 4. The number of β-amino-alcohol motifs (C(OH)–C–C–N with tert-alkyl or cyclic N) is 1. The number of carbonyl (C=O) groups is 4. The highest BCUT2D eigenvalue weighted by molar-refractivity contribution is 7.13. The lowest BCUT2D eigenvalue weighted by Gasteiger charge is -2.35. The Bertz CT molecular complexity index is 1790. The van der Waals surface area contributed by atoms with Gasteiger partial charge in [-0.1, -0.05) is 68.8 Å². The van der Waals surface area contributed by atoms with Crippen molar-refractivity contribution in [2.75, 3.05) is 13.2 Å². The van der Waals surface area contributed by atoms with E-state index < -0.39 is 41.0 Å². The van der Waals surface area contributed by atoms with Crippen molar-refractivity contribution in [3.8, 4) is 16.2 Å². The van der Waals surface area contributed by atoms with Crippen LogP contribution in [0.1, 0.15) is 82.5 Å². The number of hydrogen-bond acceptors (Lipinski definition) is 9. The molecule has 286 valence electrons. The van der Waals surface area contributed by atoms with Crippen LogP contribution in [0.25, 0.3) is 10.4 Å². The zero-order chi connectivity index (χ0) is 38.5. The first-order valence-electron chi connectivity index (χ1n) is 18.1. The van der Waals surface area contributed by atoms with E-state index in [2.05, 4.69) is 15.6 Å². The summed E-state index contributed by atoms with van der Waals surface area (Å²) >= 11 is 8.20. The fourth-order valence-electron chi connectivity index (χ4n) is 6.71. The molecule has 0 spiro atoms. The van der Waals surface area contributed by atoms with E-state index >= 15 is 0 Å². The molecule has 0 bridgehead atoms. The molecule has 7 N–H and O–H groups in total. The number of primary amides is 1. The van der Waals surface area contributed by atoms with Crippen molar-refractivity contribution in [2.45, 2.75) is 109 Å². The lowest BCUT2D eigenvalue weighted by Crippen LogP contribution is -2.58. The minimum atomic E-state index is -0.924. The summed E-state index contributed by atoms with van der Waals surface area (Å²) in [7, 11) is 0. The van der Waals surface area contributed by atoms with Gasteiger partial charge in [0.15, 0.2) is 0 Å². The van der Waals surface area contributed by atoms with E-state index in [0.29, 0.717) is 30.0 Å². The predicted octanol–water partition coefficient (Wildman–Crippen LogP) is 4.36. The number of amides is 4. The first kappa shape index (κ1) is 40.2. The van der Waals surface area contributed by atoms with Gasteiger partial charge in [-0.3, -0.25) is 19.2 Å². The highest BCUT2D eigenvalue weighted by Crippen LogP contribution is 2.46. The van der Waals surface area contributed by atoms with E-state index in [9.17, 15) is 24.3 Å². The molecule has 2 heterocycles. The molecule has 1 aromatic heterocycles. The zero-order valence-corrected chi connectivity index (χ0v) is 32.4. The lowest BCUT2D eigenvalue weighted by atomic mass is 9.85. The number of thiazole rings is 1. The first-order chi connectivity index (χ1) is 25.1. The molecule has 2 aromatic carbocycles. The maximum absolute atomic E-state index is 14.1. The topological polar surface area (TPSA) is 190 Å². The highest BCUT2D eigenvalue weighted by Gasteiger charge is 2.50. The number of hydrogen-bond donors (Lipinski definition) is 5. The van der Waals surface area contributed by atoms with E-state index in [1.165, 1.54) is 4.90 Å². The molecule has 1 saturated carbocycles. The normalized spacial score (nSPS) is 19.0. The third-order valence-electron chi connectivity index (χ3n) is 9.95. The maximum atomic E-state index is 14.1. The summed E-state index contributed by atoms with van der Waals surface area (Å²) in [4.78, 5) is 59.1. The highest BCUT2D eigenvalue weighted by atomic mass is 35.5. The van der Waals surface area contributed by atoms with Crippen molar-refractivity contribution in [2.24, 2.45) is 16.9 Å². The van der Waals surface area contributed by atoms with Crippen LogP contribution in [0.2, 0.25) is 5.02 Å². The van der Waals surface area contributed by atoms with Crippen molar-refractivity contribution in [3.05, 3.63) is 69.8 Å². The van der Waals surface area contributed by atoms with Crippen LogP contribution in [0.4, 0.5) is 0 Å². The number of nitrogens with zero attached hydrogens (tertiary/aromatic N) is 2. The number of aliphatic hydroxyl groups excluding tert-OH is 1. The fraction of sp³-hybridized carbons (Fsp3) is 0.513. The van der Waals surface area contributed by atoms with Crippen molar-refractivity contribution in [1.29, 1.82) is 0 Å². The van der Waals surface area contributed by atoms with Crippen molar-refractivity contribution < 1.29 is 29.0 Å². The summed E-state index contributed by atoms with van der Waals surface area (Å²) in [6.07, 6.45) is 2.45. The SMILES string of the molecule is Cc1ncsc1-c1ccc(C2(NC(=O)[C@@H]3C[C@@H](O)CN3C(=O)[C@@H](NC(=O)CCCc3cccc(OC[C@@H](N)CCC(N)=O)c3Cl)C(C)(C)C)CC2)cc1. The number of aryl methyl sites for hydroxylation is 2. The molecule has 4 atom stereocenters.